The molecule has 0 N–H and O–H groups in total. The lowest BCUT2D eigenvalue weighted by molar-refractivity contribution is -0.141. The summed E-state index contributed by atoms with van der Waals surface area (Å²) in [6.07, 6.45) is 3.09. The van der Waals surface area contributed by atoms with Gasteiger partial charge >= 0.3 is 6.18 Å². The third kappa shape index (κ3) is 8.11. The molecule has 1 aliphatic carbocycles. The Bertz CT molecular complexity index is 1240. The van der Waals surface area contributed by atoms with Crippen molar-refractivity contribution in [3.05, 3.63) is 60.0 Å². The van der Waals surface area contributed by atoms with Gasteiger partial charge in [-0.05, 0) is 68.2 Å². The number of ether oxygens (including phenoxy) is 1. The Morgan fingerprint density at radius 3 is 2.26 bits per heavy atom. The Morgan fingerprint density at radius 2 is 1.69 bits per heavy atom. The molecule has 210 valence electrons. The van der Waals surface area contributed by atoms with Crippen LogP contribution >= 0.6 is 0 Å². The first kappa shape index (κ1) is 29.2. The van der Waals surface area contributed by atoms with Gasteiger partial charge in [0.05, 0.1) is 5.69 Å². The normalized spacial score (nSPS) is 18.3. The van der Waals surface area contributed by atoms with Gasteiger partial charge in [0.15, 0.2) is 5.69 Å². The fourth-order valence-corrected chi connectivity index (χ4v) is 5.91. The summed E-state index contributed by atoms with van der Waals surface area (Å²) in [5, 5.41) is 0. The summed E-state index contributed by atoms with van der Waals surface area (Å²) < 4.78 is 47.4. The van der Waals surface area contributed by atoms with Gasteiger partial charge in [-0.15, -0.1) is 0 Å². The Morgan fingerprint density at radius 1 is 1.03 bits per heavy atom. The van der Waals surface area contributed by atoms with Gasteiger partial charge < -0.3 is 14.1 Å². The van der Waals surface area contributed by atoms with E-state index in [1.165, 1.54) is 10.1 Å². The molecule has 9 heteroatoms. The maximum Gasteiger partial charge on any atom is 0.434 e. The fraction of sp³-hybridized carbons (Fsp3) is 0.500. The van der Waals surface area contributed by atoms with E-state index in [9.17, 15) is 18.0 Å². The van der Waals surface area contributed by atoms with Crippen LogP contribution in [0.1, 0.15) is 56.2 Å². The molecular weight excluding hydrogens is 519 g/mol. The van der Waals surface area contributed by atoms with Crippen molar-refractivity contribution < 1.29 is 22.7 Å². The van der Waals surface area contributed by atoms with E-state index >= 15 is 0 Å². The molecule has 4 rings (SSSR count). The zero-order valence-electron chi connectivity index (χ0n) is 23.2. The van der Waals surface area contributed by atoms with Gasteiger partial charge in [-0.1, -0.05) is 43.9 Å². The van der Waals surface area contributed by atoms with Crippen molar-refractivity contribution in [2.24, 2.45) is 5.92 Å². The predicted octanol–water partition coefficient (Wildman–Crippen LogP) is 8.20. The zero-order valence-corrected chi connectivity index (χ0v) is 24.2. The van der Waals surface area contributed by atoms with Crippen LogP contribution in [0, 0.1) is 5.92 Å². The van der Waals surface area contributed by atoms with Crippen LogP contribution in [0.4, 0.5) is 13.2 Å². The minimum Gasteiger partial charge on any atom is -0.361 e. The van der Waals surface area contributed by atoms with Crippen molar-refractivity contribution in [2.75, 3.05) is 6.61 Å². The lowest BCUT2D eigenvalue weighted by atomic mass is 9.77. The van der Waals surface area contributed by atoms with Crippen LogP contribution < -0.4 is 0 Å². The summed E-state index contributed by atoms with van der Waals surface area (Å²) >= 11 is 0. The molecule has 3 aromatic rings. The number of pyridine rings is 1. The molecule has 0 unspecified atom stereocenters. The largest absolute Gasteiger partial charge is 0.434 e. The van der Waals surface area contributed by atoms with Gasteiger partial charge in [-0.25, -0.2) is 4.98 Å². The molecule has 0 atom stereocenters. The van der Waals surface area contributed by atoms with Gasteiger partial charge in [0.25, 0.3) is 0 Å². The lowest BCUT2D eigenvalue weighted by Gasteiger charge is -2.28. The molecule has 39 heavy (non-hydrogen) atoms. The topological polar surface area (TPSA) is 57.0 Å². The second kappa shape index (κ2) is 12.2. The third-order valence-electron chi connectivity index (χ3n) is 7.42. The Hall–Kier alpha value is -2.78. The second-order valence-electron chi connectivity index (χ2n) is 11.9. The maximum absolute atomic E-state index is 13.4. The Balaban J connectivity index is 1.44. The summed E-state index contributed by atoms with van der Waals surface area (Å²) in [6.45, 7) is 8.85. The molecule has 1 aromatic carbocycles. The van der Waals surface area contributed by atoms with Crippen LogP contribution in [0.5, 0.6) is 0 Å². The van der Waals surface area contributed by atoms with Gasteiger partial charge in [-0.3, -0.25) is 4.98 Å². The number of carbonyl (C=O) groups excluding carboxylic acids is 1. The maximum atomic E-state index is 13.4. The quantitative estimate of drug-likeness (QED) is 0.186. The van der Waals surface area contributed by atoms with Gasteiger partial charge in [0, 0.05) is 44.6 Å². The molecule has 2 aromatic heterocycles. The molecule has 1 aliphatic rings. The van der Waals surface area contributed by atoms with E-state index in [-0.39, 0.29) is 18.3 Å². The number of ketones is 1. The van der Waals surface area contributed by atoms with Gasteiger partial charge in [-0.2, -0.15) is 13.2 Å². The number of aromatic nitrogens is 3. The molecule has 0 spiro atoms. The van der Waals surface area contributed by atoms with E-state index < -0.39 is 19.9 Å². The number of halogens is 3. The van der Waals surface area contributed by atoms with E-state index in [1.54, 1.807) is 19.2 Å². The number of alkyl halides is 3. The second-order valence-corrected chi connectivity index (χ2v) is 17.6. The van der Waals surface area contributed by atoms with Crippen molar-refractivity contribution in [2.45, 2.75) is 83.5 Å². The monoisotopic (exact) mass is 557 g/mol. The minimum atomic E-state index is -4.54. The van der Waals surface area contributed by atoms with Crippen LogP contribution in [-0.4, -0.2) is 35.0 Å². The molecular formula is C30H38F3N3O2Si. The average molecular weight is 558 g/mol. The molecule has 0 radical (unpaired) electrons. The Kier molecular flexibility index (Phi) is 9.11. The van der Waals surface area contributed by atoms with Crippen LogP contribution in [0.3, 0.4) is 0 Å². The molecule has 0 amide bonds. The molecule has 1 saturated carbocycles. The standard InChI is InChI=1S/C30H38F3N3O2Si/c1-21(37)17-22-5-7-23(8-6-22)24-9-11-25(12-10-24)27-14-13-26(18-34-27)29-35-28(30(31,32)33)19-36(29)20-38-15-16-39(2,3)4/h9-14,18-19,22-23H,5-8,15-17,20H2,1-4H3/t22-,23-. The lowest BCUT2D eigenvalue weighted by Crippen LogP contribution is -2.22. The van der Waals surface area contributed by atoms with Crippen molar-refractivity contribution in [1.82, 2.24) is 14.5 Å². The average Bonchev–Trinajstić information content (AvgIpc) is 3.31. The number of benzene rings is 1. The molecule has 0 saturated heterocycles. The third-order valence-corrected chi connectivity index (χ3v) is 9.12. The van der Waals surface area contributed by atoms with Crippen molar-refractivity contribution in [3.8, 4) is 22.6 Å². The van der Waals surface area contributed by atoms with E-state index in [2.05, 4.69) is 41.7 Å². The highest BCUT2D eigenvalue weighted by atomic mass is 28.3. The summed E-state index contributed by atoms with van der Waals surface area (Å²) in [5.41, 5.74) is 2.55. The van der Waals surface area contributed by atoms with Gasteiger partial charge in [0.2, 0.25) is 0 Å². The number of Topliss-reactive ketones (excluding diaryl/α,β-unsaturated/α-hetero) is 1. The number of hydrogen-bond acceptors (Lipinski definition) is 4. The highest BCUT2D eigenvalue weighted by molar-refractivity contribution is 6.76. The number of rotatable bonds is 10. The van der Waals surface area contributed by atoms with Crippen LogP contribution in [0.25, 0.3) is 22.6 Å². The highest BCUT2D eigenvalue weighted by Gasteiger charge is 2.35. The molecule has 5 nitrogen and oxygen atoms in total. The first-order valence-electron chi connectivity index (χ1n) is 13.7. The first-order valence-corrected chi connectivity index (χ1v) is 17.4. The summed E-state index contributed by atoms with van der Waals surface area (Å²) in [5.74, 6) is 1.48. The smallest absolute Gasteiger partial charge is 0.361 e. The summed E-state index contributed by atoms with van der Waals surface area (Å²) in [4.78, 5) is 19.8. The van der Waals surface area contributed by atoms with Crippen LogP contribution in [0.15, 0.2) is 48.8 Å². The number of hydrogen-bond donors (Lipinski definition) is 0. The fourth-order valence-electron chi connectivity index (χ4n) is 5.15. The molecule has 0 aliphatic heterocycles. The highest BCUT2D eigenvalue weighted by Crippen LogP contribution is 2.38. The molecule has 2 heterocycles. The number of nitrogens with zero attached hydrogens (tertiary/aromatic N) is 3. The molecule has 0 bridgehead atoms. The summed E-state index contributed by atoms with van der Waals surface area (Å²) in [6, 6.07) is 12.9. The van der Waals surface area contributed by atoms with Crippen molar-refractivity contribution in [1.29, 1.82) is 0 Å². The minimum absolute atomic E-state index is 0.00275. The van der Waals surface area contributed by atoms with Crippen LogP contribution in [-0.2, 0) is 22.4 Å². The zero-order chi connectivity index (χ0) is 28.2. The number of imidazole rings is 1. The van der Waals surface area contributed by atoms with Crippen LogP contribution in [0.2, 0.25) is 25.7 Å². The van der Waals surface area contributed by atoms with E-state index in [0.29, 0.717) is 30.4 Å². The van der Waals surface area contributed by atoms with Gasteiger partial charge in [0.1, 0.15) is 18.3 Å². The number of carbonyl (C=O) groups is 1. The van der Waals surface area contributed by atoms with E-state index in [1.807, 2.05) is 18.2 Å². The van der Waals surface area contributed by atoms with E-state index in [0.717, 1.165) is 49.2 Å². The van der Waals surface area contributed by atoms with Crippen molar-refractivity contribution >= 4 is 13.9 Å². The first-order chi connectivity index (χ1) is 18.4. The van der Waals surface area contributed by atoms with Crippen molar-refractivity contribution in [3.63, 3.8) is 0 Å². The molecule has 1 fully saturated rings. The van der Waals surface area contributed by atoms with E-state index in [4.69, 9.17) is 4.74 Å². The summed E-state index contributed by atoms with van der Waals surface area (Å²) in [7, 11) is -1.31. The Labute approximate surface area is 229 Å². The predicted molar refractivity (Wildman–Crippen MR) is 150 cm³/mol. The SMILES string of the molecule is CC(=O)C[C@H]1CC[C@H](c2ccc(-c3ccc(-c4nc(C(F)(F)F)cn4COCC[Si](C)(C)C)cn3)cc2)CC1.